The van der Waals surface area contributed by atoms with Gasteiger partial charge in [0, 0.05) is 39.0 Å². The van der Waals surface area contributed by atoms with Crippen molar-refractivity contribution in [3.63, 3.8) is 0 Å². The molecule has 0 atom stereocenters. The van der Waals surface area contributed by atoms with Gasteiger partial charge in [0.15, 0.2) is 0 Å². The van der Waals surface area contributed by atoms with E-state index in [1.165, 1.54) is 41.5 Å². The highest BCUT2D eigenvalue weighted by Gasteiger charge is 2.38. The molecule has 0 aromatic heterocycles. The summed E-state index contributed by atoms with van der Waals surface area (Å²) < 4.78 is 13.7. The monoisotopic (exact) mass is 674 g/mol. The lowest BCUT2D eigenvalue weighted by Crippen LogP contribution is -2.31. The molecule has 0 radical (unpaired) electrons. The van der Waals surface area contributed by atoms with Gasteiger partial charge >= 0.3 is 0 Å². The topological polar surface area (TPSA) is 70.5 Å². The predicted molar refractivity (Wildman–Crippen MR) is 213 cm³/mol. The van der Waals surface area contributed by atoms with Crippen molar-refractivity contribution in [2.75, 3.05) is 11.5 Å². The molecule has 4 aromatic rings. The number of nitrogen functional groups attached to an aromatic ring is 2. The van der Waals surface area contributed by atoms with Crippen molar-refractivity contribution >= 4 is 11.4 Å². The van der Waals surface area contributed by atoms with E-state index in [9.17, 15) is 0 Å². The summed E-state index contributed by atoms with van der Waals surface area (Å²) in [6.07, 6.45) is 5.89. The third kappa shape index (κ3) is 7.85. The van der Waals surface area contributed by atoms with Crippen LogP contribution < -0.4 is 20.9 Å². The molecular weight excluding hydrogens is 613 g/mol. The summed E-state index contributed by atoms with van der Waals surface area (Å²) in [6.45, 7) is 26.9. The average molecular weight is 675 g/mol. The summed E-state index contributed by atoms with van der Waals surface area (Å²) in [5.74, 6) is 3.52. The summed E-state index contributed by atoms with van der Waals surface area (Å²) in [5.41, 5.74) is 20.8. The van der Waals surface area contributed by atoms with Crippen molar-refractivity contribution in [1.82, 2.24) is 0 Å². The molecule has 50 heavy (non-hydrogen) atoms. The average Bonchev–Trinajstić information content (AvgIpc) is 3.01. The summed E-state index contributed by atoms with van der Waals surface area (Å²) >= 11 is 0. The number of hydrogen-bond acceptors (Lipinski definition) is 4. The van der Waals surface area contributed by atoms with Crippen LogP contribution in [0.3, 0.4) is 0 Å². The van der Waals surface area contributed by atoms with Crippen LogP contribution in [0.4, 0.5) is 11.4 Å². The molecule has 1 saturated carbocycles. The maximum absolute atomic E-state index is 6.83. The maximum atomic E-state index is 6.83. The summed E-state index contributed by atoms with van der Waals surface area (Å²) in [5, 5.41) is 0. The van der Waals surface area contributed by atoms with E-state index in [1.807, 2.05) is 24.3 Å². The first-order valence-corrected chi connectivity index (χ1v) is 18.6. The van der Waals surface area contributed by atoms with Gasteiger partial charge in [-0.15, -0.1) is 0 Å². The van der Waals surface area contributed by atoms with Crippen LogP contribution in [-0.4, -0.2) is 0 Å². The Kier molecular flexibility index (Phi) is 9.95. The minimum absolute atomic E-state index is 0.106. The highest BCUT2D eigenvalue weighted by molar-refractivity contribution is 5.57. The van der Waals surface area contributed by atoms with E-state index in [0.29, 0.717) is 0 Å². The van der Waals surface area contributed by atoms with E-state index < -0.39 is 0 Å². The van der Waals surface area contributed by atoms with Crippen LogP contribution >= 0.6 is 0 Å². The SMILES string of the molecule is CC(C)(C)c1cc(N)ccc1Oc1ccc(C2(c3ccc(Oc4ccc(N)cc4C(C)(C)C)c(C(C)(C)C)c3)CCCCC2)cc1C(C)(C)C. The number of benzene rings is 4. The fraction of sp³-hybridized carbons (Fsp3) is 0.478. The predicted octanol–water partition coefficient (Wildman–Crippen LogP) is 12.9. The van der Waals surface area contributed by atoms with Crippen LogP contribution in [0, 0.1) is 0 Å². The van der Waals surface area contributed by atoms with Gasteiger partial charge in [0.1, 0.15) is 23.0 Å². The fourth-order valence-electron chi connectivity index (χ4n) is 7.59. The third-order valence-electron chi connectivity index (χ3n) is 10.5. The van der Waals surface area contributed by atoms with E-state index in [2.05, 4.69) is 132 Å². The van der Waals surface area contributed by atoms with Gasteiger partial charge in [0.25, 0.3) is 0 Å². The first-order chi connectivity index (χ1) is 23.1. The van der Waals surface area contributed by atoms with E-state index in [-0.39, 0.29) is 27.1 Å². The normalized spacial score (nSPS) is 15.5. The Hall–Kier alpha value is -3.92. The second-order valence-corrected chi connectivity index (χ2v) is 18.8. The van der Waals surface area contributed by atoms with Crippen molar-refractivity contribution in [3.05, 3.63) is 106 Å². The molecule has 0 spiro atoms. The lowest BCUT2D eigenvalue weighted by Gasteiger charge is -2.40. The quantitative estimate of drug-likeness (QED) is 0.200. The maximum Gasteiger partial charge on any atom is 0.131 e. The van der Waals surface area contributed by atoms with Crippen molar-refractivity contribution in [2.45, 2.75) is 142 Å². The van der Waals surface area contributed by atoms with Gasteiger partial charge in [-0.3, -0.25) is 0 Å². The molecule has 0 unspecified atom stereocenters. The third-order valence-corrected chi connectivity index (χ3v) is 10.5. The smallest absolute Gasteiger partial charge is 0.131 e. The second-order valence-electron chi connectivity index (χ2n) is 18.8. The Morgan fingerprint density at radius 3 is 1.04 bits per heavy atom. The zero-order valence-corrected chi connectivity index (χ0v) is 32.9. The van der Waals surface area contributed by atoms with Gasteiger partial charge in [0.05, 0.1) is 0 Å². The highest BCUT2D eigenvalue weighted by atomic mass is 16.5. The number of nitrogens with two attached hydrogens (primary N) is 2. The Bertz CT molecular complexity index is 1710. The Balaban J connectivity index is 1.63. The number of rotatable bonds is 6. The van der Waals surface area contributed by atoms with E-state index in [0.717, 1.165) is 58.3 Å². The largest absolute Gasteiger partial charge is 0.457 e. The molecule has 4 heteroatoms. The lowest BCUT2D eigenvalue weighted by atomic mass is 9.64. The molecule has 0 saturated heterocycles. The van der Waals surface area contributed by atoms with Crippen LogP contribution in [0.2, 0.25) is 0 Å². The van der Waals surface area contributed by atoms with Crippen LogP contribution in [0.15, 0.2) is 72.8 Å². The van der Waals surface area contributed by atoms with Crippen molar-refractivity contribution in [2.24, 2.45) is 0 Å². The molecule has 4 aromatic carbocycles. The van der Waals surface area contributed by atoms with E-state index in [1.54, 1.807) is 0 Å². The van der Waals surface area contributed by atoms with Gasteiger partial charge in [-0.05, 0) is 94.2 Å². The van der Waals surface area contributed by atoms with E-state index >= 15 is 0 Å². The van der Waals surface area contributed by atoms with Gasteiger partial charge in [-0.1, -0.05) is 127 Å². The van der Waals surface area contributed by atoms with Gasteiger partial charge in [-0.2, -0.15) is 0 Å². The van der Waals surface area contributed by atoms with Gasteiger partial charge in [0.2, 0.25) is 0 Å². The molecule has 268 valence electrons. The van der Waals surface area contributed by atoms with Crippen molar-refractivity contribution in [1.29, 1.82) is 0 Å². The second kappa shape index (κ2) is 13.3. The minimum atomic E-state index is -0.130. The summed E-state index contributed by atoms with van der Waals surface area (Å²) in [6, 6.07) is 26.0. The molecule has 0 amide bonds. The molecule has 0 bridgehead atoms. The highest BCUT2D eigenvalue weighted by Crippen LogP contribution is 2.50. The number of anilines is 2. The molecule has 1 fully saturated rings. The van der Waals surface area contributed by atoms with Gasteiger partial charge < -0.3 is 20.9 Å². The zero-order chi connectivity index (χ0) is 36.9. The van der Waals surface area contributed by atoms with Crippen LogP contribution in [-0.2, 0) is 27.1 Å². The molecule has 1 aliphatic carbocycles. The zero-order valence-electron chi connectivity index (χ0n) is 32.9. The summed E-state index contributed by atoms with van der Waals surface area (Å²) in [7, 11) is 0. The van der Waals surface area contributed by atoms with E-state index in [4.69, 9.17) is 20.9 Å². The lowest BCUT2D eigenvalue weighted by molar-refractivity contribution is 0.343. The van der Waals surface area contributed by atoms with Crippen molar-refractivity contribution in [3.8, 4) is 23.0 Å². The summed E-state index contributed by atoms with van der Waals surface area (Å²) in [4.78, 5) is 0. The van der Waals surface area contributed by atoms with Gasteiger partial charge in [-0.25, -0.2) is 0 Å². The van der Waals surface area contributed by atoms with Crippen LogP contribution in [0.5, 0.6) is 23.0 Å². The fourth-order valence-corrected chi connectivity index (χ4v) is 7.59. The molecule has 0 heterocycles. The van der Waals surface area contributed by atoms with Crippen LogP contribution in [0.1, 0.15) is 149 Å². The molecule has 0 aliphatic heterocycles. The standard InChI is InChI=1S/C46H62N2O2/c1-42(2,3)34-26-30(16-20-38(34)49-40-22-18-32(47)28-36(40)44(7,8)9)46(24-14-13-15-25-46)31-17-21-39(35(27-31)43(4,5)6)50-41-23-19-33(48)29-37(41)45(10,11)12/h16-23,26-29H,13-15,24-25,47-48H2,1-12H3. The molecule has 4 nitrogen and oxygen atoms in total. The Morgan fingerprint density at radius 2 is 0.720 bits per heavy atom. The molecule has 5 rings (SSSR count). The Morgan fingerprint density at radius 1 is 0.420 bits per heavy atom. The Labute approximate surface area is 303 Å². The van der Waals surface area contributed by atoms with Crippen molar-refractivity contribution < 1.29 is 9.47 Å². The molecule has 4 N–H and O–H groups in total. The molecule has 1 aliphatic rings. The number of ether oxygens (including phenoxy) is 2. The minimum Gasteiger partial charge on any atom is -0.457 e. The molecular formula is C46H62N2O2. The number of hydrogen-bond donors (Lipinski definition) is 2. The van der Waals surface area contributed by atoms with Crippen LogP contribution in [0.25, 0.3) is 0 Å². The first kappa shape index (κ1) is 37.3. The first-order valence-electron chi connectivity index (χ1n) is 18.6.